The number of carbonyl (C=O) groups excluding carboxylic acids is 2. The molecule has 2 rings (SSSR count). The SMILES string of the molecule is CCc1ccc(C(=O)COC(=O)COc2ccc(C)cc2)cc1. The molecule has 0 atom stereocenters. The fourth-order valence-corrected chi connectivity index (χ4v) is 1.97. The molecule has 4 heteroatoms. The van der Waals surface area contributed by atoms with Crippen molar-refractivity contribution in [3.05, 3.63) is 65.2 Å². The lowest BCUT2D eigenvalue weighted by molar-refractivity contribution is -0.144. The number of esters is 1. The Morgan fingerprint density at radius 3 is 2.17 bits per heavy atom. The average Bonchev–Trinajstić information content (AvgIpc) is 2.59. The van der Waals surface area contributed by atoms with E-state index in [-0.39, 0.29) is 19.0 Å². The van der Waals surface area contributed by atoms with Gasteiger partial charge in [0.15, 0.2) is 19.0 Å². The van der Waals surface area contributed by atoms with Crippen LogP contribution in [0, 0.1) is 6.92 Å². The highest BCUT2D eigenvalue weighted by molar-refractivity contribution is 5.98. The third-order valence-corrected chi connectivity index (χ3v) is 3.43. The van der Waals surface area contributed by atoms with Crippen molar-refractivity contribution >= 4 is 11.8 Å². The number of benzene rings is 2. The first-order valence-corrected chi connectivity index (χ1v) is 7.55. The molecule has 0 heterocycles. The number of hydrogen-bond donors (Lipinski definition) is 0. The molecule has 0 saturated heterocycles. The Hall–Kier alpha value is -2.62. The van der Waals surface area contributed by atoms with Crippen molar-refractivity contribution in [2.75, 3.05) is 13.2 Å². The molecule has 0 bridgehead atoms. The number of Topliss-reactive ketones (excluding diaryl/α,β-unsaturated/α-hetero) is 1. The highest BCUT2D eigenvalue weighted by Crippen LogP contribution is 2.11. The Kier molecular flexibility index (Phi) is 5.92. The van der Waals surface area contributed by atoms with Crippen LogP contribution in [0.5, 0.6) is 5.75 Å². The molecule has 0 aliphatic rings. The second-order valence-corrected chi connectivity index (χ2v) is 5.24. The summed E-state index contributed by atoms with van der Waals surface area (Å²) >= 11 is 0. The van der Waals surface area contributed by atoms with Gasteiger partial charge in [0.05, 0.1) is 0 Å². The van der Waals surface area contributed by atoms with Gasteiger partial charge in [-0.25, -0.2) is 4.79 Å². The van der Waals surface area contributed by atoms with E-state index in [0.29, 0.717) is 11.3 Å². The van der Waals surface area contributed by atoms with Crippen molar-refractivity contribution in [3.8, 4) is 5.75 Å². The molecule has 0 aliphatic heterocycles. The van der Waals surface area contributed by atoms with Crippen molar-refractivity contribution < 1.29 is 19.1 Å². The van der Waals surface area contributed by atoms with Gasteiger partial charge in [0.1, 0.15) is 5.75 Å². The van der Waals surface area contributed by atoms with E-state index in [1.54, 1.807) is 24.3 Å². The number of ketones is 1. The molecule has 23 heavy (non-hydrogen) atoms. The minimum absolute atomic E-state index is 0.217. The summed E-state index contributed by atoms with van der Waals surface area (Å²) in [5.74, 6) is -0.200. The molecule has 0 spiro atoms. The lowest BCUT2D eigenvalue weighted by atomic mass is 10.1. The van der Waals surface area contributed by atoms with Crippen LogP contribution >= 0.6 is 0 Å². The molecule has 0 aromatic heterocycles. The minimum Gasteiger partial charge on any atom is -0.482 e. The van der Waals surface area contributed by atoms with Gasteiger partial charge in [0, 0.05) is 5.56 Å². The number of rotatable bonds is 7. The van der Waals surface area contributed by atoms with Gasteiger partial charge in [0.25, 0.3) is 0 Å². The van der Waals surface area contributed by atoms with E-state index in [0.717, 1.165) is 17.5 Å². The van der Waals surface area contributed by atoms with Crippen molar-refractivity contribution in [3.63, 3.8) is 0 Å². The molecule has 0 radical (unpaired) electrons. The summed E-state index contributed by atoms with van der Waals surface area (Å²) in [7, 11) is 0. The van der Waals surface area contributed by atoms with Gasteiger partial charge in [-0.3, -0.25) is 4.79 Å². The maximum absolute atomic E-state index is 11.9. The Bertz CT molecular complexity index is 657. The van der Waals surface area contributed by atoms with Crippen molar-refractivity contribution in [1.82, 2.24) is 0 Å². The van der Waals surface area contributed by atoms with Gasteiger partial charge in [-0.1, -0.05) is 48.9 Å². The number of ether oxygens (including phenoxy) is 2. The molecule has 0 N–H and O–H groups in total. The highest BCUT2D eigenvalue weighted by Gasteiger charge is 2.10. The van der Waals surface area contributed by atoms with Crippen LogP contribution in [0.15, 0.2) is 48.5 Å². The monoisotopic (exact) mass is 312 g/mol. The summed E-state index contributed by atoms with van der Waals surface area (Å²) in [6.45, 7) is 3.52. The third kappa shape index (κ3) is 5.25. The molecule has 4 nitrogen and oxygen atoms in total. The molecule has 2 aromatic carbocycles. The molecule has 0 aliphatic carbocycles. The standard InChI is InChI=1S/C19H20O4/c1-3-15-6-8-16(9-7-15)18(20)12-23-19(21)13-22-17-10-4-14(2)5-11-17/h4-11H,3,12-13H2,1-2H3. The molecule has 0 unspecified atom stereocenters. The lowest BCUT2D eigenvalue weighted by Gasteiger charge is -2.07. The van der Waals surface area contributed by atoms with Gasteiger partial charge in [-0.15, -0.1) is 0 Å². The van der Waals surface area contributed by atoms with Crippen molar-refractivity contribution in [2.24, 2.45) is 0 Å². The second-order valence-electron chi connectivity index (χ2n) is 5.24. The van der Waals surface area contributed by atoms with Gasteiger partial charge < -0.3 is 9.47 Å². The van der Waals surface area contributed by atoms with Crippen molar-refractivity contribution in [1.29, 1.82) is 0 Å². The first-order chi connectivity index (χ1) is 11.1. The van der Waals surface area contributed by atoms with Crippen LogP contribution < -0.4 is 4.74 Å². The molecule has 2 aromatic rings. The fraction of sp³-hybridized carbons (Fsp3) is 0.263. The zero-order chi connectivity index (χ0) is 16.7. The normalized spacial score (nSPS) is 10.2. The molecule has 0 saturated carbocycles. The summed E-state index contributed by atoms with van der Waals surface area (Å²) in [6, 6.07) is 14.6. The molecule has 0 amide bonds. The maximum Gasteiger partial charge on any atom is 0.344 e. The van der Waals surface area contributed by atoms with Crippen LogP contribution in [0.4, 0.5) is 0 Å². The Labute approximate surface area is 136 Å². The number of carbonyl (C=O) groups is 2. The average molecular weight is 312 g/mol. The maximum atomic E-state index is 11.9. The van der Waals surface area contributed by atoms with E-state index in [1.165, 1.54) is 0 Å². The first-order valence-electron chi connectivity index (χ1n) is 7.55. The predicted molar refractivity (Wildman–Crippen MR) is 87.8 cm³/mol. The fourth-order valence-electron chi connectivity index (χ4n) is 1.97. The van der Waals surface area contributed by atoms with Gasteiger partial charge in [-0.05, 0) is 31.0 Å². The third-order valence-electron chi connectivity index (χ3n) is 3.43. The van der Waals surface area contributed by atoms with E-state index < -0.39 is 5.97 Å². The second kappa shape index (κ2) is 8.13. The van der Waals surface area contributed by atoms with E-state index in [9.17, 15) is 9.59 Å². The molecule has 120 valence electrons. The largest absolute Gasteiger partial charge is 0.482 e. The Morgan fingerprint density at radius 1 is 0.913 bits per heavy atom. The van der Waals surface area contributed by atoms with E-state index >= 15 is 0 Å². The van der Waals surface area contributed by atoms with Crippen molar-refractivity contribution in [2.45, 2.75) is 20.3 Å². The summed E-state index contributed by atoms with van der Waals surface area (Å²) in [4.78, 5) is 23.6. The zero-order valence-electron chi connectivity index (χ0n) is 13.4. The van der Waals surface area contributed by atoms with E-state index in [4.69, 9.17) is 9.47 Å². The van der Waals surface area contributed by atoms with Crippen LogP contribution in [0.3, 0.4) is 0 Å². The van der Waals surface area contributed by atoms with Crippen LogP contribution in [0.25, 0.3) is 0 Å². The molecular formula is C19H20O4. The minimum atomic E-state index is -0.566. The summed E-state index contributed by atoms with van der Waals surface area (Å²) < 4.78 is 10.3. The molecule has 0 fully saturated rings. The van der Waals surface area contributed by atoms with E-state index in [2.05, 4.69) is 0 Å². The number of hydrogen-bond acceptors (Lipinski definition) is 4. The predicted octanol–water partition coefficient (Wildman–Crippen LogP) is 3.36. The van der Waals surface area contributed by atoms with Gasteiger partial charge >= 0.3 is 5.97 Å². The topological polar surface area (TPSA) is 52.6 Å². The lowest BCUT2D eigenvalue weighted by Crippen LogP contribution is -2.19. The Morgan fingerprint density at radius 2 is 1.57 bits per heavy atom. The Balaban J connectivity index is 1.76. The van der Waals surface area contributed by atoms with Crippen LogP contribution in [0.2, 0.25) is 0 Å². The quantitative estimate of drug-likeness (QED) is 0.581. The summed E-state index contributed by atoms with van der Waals surface area (Å²) in [5, 5.41) is 0. The smallest absolute Gasteiger partial charge is 0.344 e. The molecular weight excluding hydrogens is 292 g/mol. The number of aryl methyl sites for hydroxylation is 2. The van der Waals surface area contributed by atoms with E-state index in [1.807, 2.05) is 38.1 Å². The van der Waals surface area contributed by atoms with Crippen LogP contribution in [-0.2, 0) is 16.0 Å². The first kappa shape index (κ1) is 16.7. The highest BCUT2D eigenvalue weighted by atomic mass is 16.6. The summed E-state index contributed by atoms with van der Waals surface area (Å²) in [5.41, 5.74) is 2.80. The zero-order valence-corrected chi connectivity index (χ0v) is 13.4. The van der Waals surface area contributed by atoms with Gasteiger partial charge in [-0.2, -0.15) is 0 Å². The van der Waals surface area contributed by atoms with Crippen LogP contribution in [0.1, 0.15) is 28.4 Å². The van der Waals surface area contributed by atoms with Gasteiger partial charge in [0.2, 0.25) is 0 Å². The summed E-state index contributed by atoms with van der Waals surface area (Å²) in [6.07, 6.45) is 0.916. The van der Waals surface area contributed by atoms with Crippen LogP contribution in [-0.4, -0.2) is 25.0 Å².